The summed E-state index contributed by atoms with van der Waals surface area (Å²) in [6.07, 6.45) is 2.73. The van der Waals surface area contributed by atoms with Crippen molar-refractivity contribution in [2.75, 3.05) is 31.8 Å². The summed E-state index contributed by atoms with van der Waals surface area (Å²) in [5.41, 5.74) is 1.08. The van der Waals surface area contributed by atoms with Crippen LogP contribution in [0, 0.1) is 12.7 Å². The summed E-state index contributed by atoms with van der Waals surface area (Å²) in [5.74, 6) is 0.555. The minimum Gasteiger partial charge on any atom is -0.494 e. The van der Waals surface area contributed by atoms with Crippen molar-refractivity contribution in [3.63, 3.8) is 0 Å². The fourth-order valence-electron chi connectivity index (χ4n) is 3.14. The molecule has 0 fully saturated rings. The molecule has 0 radical (unpaired) electrons. The summed E-state index contributed by atoms with van der Waals surface area (Å²) in [6.45, 7) is 7.46. The van der Waals surface area contributed by atoms with Crippen LogP contribution < -0.4 is 15.4 Å². The first-order valence-electron chi connectivity index (χ1n) is 10.7. The van der Waals surface area contributed by atoms with E-state index >= 15 is 4.39 Å². The van der Waals surface area contributed by atoms with E-state index < -0.39 is 17.5 Å². The zero-order valence-corrected chi connectivity index (χ0v) is 20.4. The Hall–Kier alpha value is -3.89. The molecule has 1 aromatic carbocycles. The average molecular weight is 472 g/mol. The third kappa shape index (κ3) is 5.91. The fraction of sp³-hybridized carbons (Fsp3) is 0.391. The Kier molecular flexibility index (Phi) is 7.23. The van der Waals surface area contributed by atoms with Gasteiger partial charge in [-0.05, 0) is 39.8 Å². The molecule has 1 amide bonds. The van der Waals surface area contributed by atoms with Crippen LogP contribution in [0.1, 0.15) is 32.0 Å². The number of amides is 1. The smallest absolute Gasteiger partial charge is 0.410 e. The lowest BCUT2D eigenvalue weighted by molar-refractivity contribution is 0.0285. The van der Waals surface area contributed by atoms with Crippen LogP contribution in [0.3, 0.4) is 0 Å². The molecule has 0 bridgehead atoms. The third-order valence-corrected chi connectivity index (χ3v) is 4.65. The molecule has 182 valence electrons. The Morgan fingerprint density at radius 3 is 2.65 bits per heavy atom. The van der Waals surface area contributed by atoms with Crippen LogP contribution in [0.4, 0.5) is 26.6 Å². The van der Waals surface area contributed by atoms with Gasteiger partial charge in [0.2, 0.25) is 5.95 Å². The van der Waals surface area contributed by atoms with Gasteiger partial charge in [0.25, 0.3) is 0 Å². The second kappa shape index (κ2) is 9.94. The first-order chi connectivity index (χ1) is 16.0. The average Bonchev–Trinajstić information content (AvgIpc) is 3.21. The fourth-order valence-corrected chi connectivity index (χ4v) is 3.14. The highest BCUT2D eigenvalue weighted by Crippen LogP contribution is 2.32. The summed E-state index contributed by atoms with van der Waals surface area (Å²) in [7, 11) is 4.82. The molecule has 3 rings (SSSR count). The highest BCUT2D eigenvalue weighted by Gasteiger charge is 2.22. The van der Waals surface area contributed by atoms with Gasteiger partial charge in [-0.25, -0.2) is 18.9 Å². The Morgan fingerprint density at radius 2 is 2.00 bits per heavy atom. The number of aryl methyl sites for hydroxylation is 1. The van der Waals surface area contributed by atoms with Crippen molar-refractivity contribution >= 4 is 23.5 Å². The number of halogens is 1. The first-order valence-corrected chi connectivity index (χ1v) is 10.7. The van der Waals surface area contributed by atoms with Crippen LogP contribution in [0.15, 0.2) is 30.6 Å². The standard InChI is InChI=1S/C23H30FN7O3/c1-14-10-18(25-5)29-21(27-14)28-16-8-9-17(33-7)20(19(16)24)31-13-15(11-26-31)12-30(6)22(32)34-23(2,3)4/h8-11,13H,12H2,1-7H3,(H2,25,27,28,29). The monoisotopic (exact) mass is 471 g/mol. The van der Waals surface area contributed by atoms with Gasteiger partial charge in [-0.15, -0.1) is 0 Å². The number of ether oxygens (including phenoxy) is 2. The van der Waals surface area contributed by atoms with E-state index in [1.165, 1.54) is 16.7 Å². The highest BCUT2D eigenvalue weighted by molar-refractivity contribution is 5.68. The summed E-state index contributed by atoms with van der Waals surface area (Å²) in [4.78, 5) is 22.3. The maximum atomic E-state index is 15.6. The largest absolute Gasteiger partial charge is 0.494 e. The van der Waals surface area contributed by atoms with Crippen molar-refractivity contribution < 1.29 is 18.7 Å². The molecule has 0 aliphatic heterocycles. The lowest BCUT2D eigenvalue weighted by Crippen LogP contribution is -2.33. The number of rotatable bonds is 7. The molecule has 0 spiro atoms. The van der Waals surface area contributed by atoms with Gasteiger partial charge in [0.05, 0.1) is 25.5 Å². The summed E-state index contributed by atoms with van der Waals surface area (Å²) < 4.78 is 27.7. The molecular weight excluding hydrogens is 441 g/mol. The van der Waals surface area contributed by atoms with E-state index in [0.717, 1.165) is 5.69 Å². The van der Waals surface area contributed by atoms with Crippen molar-refractivity contribution in [1.29, 1.82) is 0 Å². The topological polar surface area (TPSA) is 106 Å². The minimum absolute atomic E-state index is 0.111. The van der Waals surface area contributed by atoms with Crippen LogP contribution >= 0.6 is 0 Å². The second-order valence-electron chi connectivity index (χ2n) is 8.70. The number of hydrogen-bond acceptors (Lipinski definition) is 8. The van der Waals surface area contributed by atoms with E-state index in [2.05, 4.69) is 25.7 Å². The lowest BCUT2D eigenvalue weighted by Gasteiger charge is -2.24. The second-order valence-corrected chi connectivity index (χ2v) is 8.70. The summed E-state index contributed by atoms with van der Waals surface area (Å²) in [6, 6.07) is 4.95. The van der Waals surface area contributed by atoms with Crippen LogP contribution in [0.5, 0.6) is 5.75 Å². The molecule has 0 aliphatic carbocycles. The van der Waals surface area contributed by atoms with E-state index in [1.807, 2.05) is 6.92 Å². The van der Waals surface area contributed by atoms with Crippen molar-refractivity contribution in [3.05, 3.63) is 47.7 Å². The Labute approximate surface area is 198 Å². The zero-order valence-electron chi connectivity index (χ0n) is 20.4. The molecule has 2 heterocycles. The molecule has 2 N–H and O–H groups in total. The third-order valence-electron chi connectivity index (χ3n) is 4.65. The molecule has 2 aromatic heterocycles. The van der Waals surface area contributed by atoms with E-state index in [-0.39, 0.29) is 23.9 Å². The molecule has 0 saturated carbocycles. The van der Waals surface area contributed by atoms with Gasteiger partial charge in [-0.2, -0.15) is 10.1 Å². The number of aromatic nitrogens is 4. The predicted molar refractivity (Wildman–Crippen MR) is 127 cm³/mol. The van der Waals surface area contributed by atoms with Gasteiger partial charge in [-0.3, -0.25) is 0 Å². The van der Waals surface area contributed by atoms with Crippen molar-refractivity contribution in [2.24, 2.45) is 0 Å². The lowest BCUT2D eigenvalue weighted by atomic mass is 10.2. The molecular formula is C23H30FN7O3. The zero-order chi connectivity index (χ0) is 25.0. The van der Waals surface area contributed by atoms with Gasteiger partial charge in [0, 0.05) is 37.6 Å². The van der Waals surface area contributed by atoms with E-state index in [1.54, 1.807) is 65.5 Å². The molecule has 11 heteroatoms. The maximum absolute atomic E-state index is 15.6. The Balaban J connectivity index is 1.88. The Morgan fingerprint density at radius 1 is 1.26 bits per heavy atom. The van der Waals surface area contributed by atoms with E-state index in [9.17, 15) is 4.79 Å². The van der Waals surface area contributed by atoms with Crippen LogP contribution in [0.2, 0.25) is 0 Å². The highest BCUT2D eigenvalue weighted by atomic mass is 19.1. The minimum atomic E-state index is -0.603. The van der Waals surface area contributed by atoms with E-state index in [0.29, 0.717) is 17.1 Å². The van der Waals surface area contributed by atoms with Crippen molar-refractivity contribution in [1.82, 2.24) is 24.6 Å². The molecule has 10 nitrogen and oxygen atoms in total. The van der Waals surface area contributed by atoms with Crippen molar-refractivity contribution in [2.45, 2.75) is 39.8 Å². The number of methoxy groups -OCH3 is 1. The SMILES string of the molecule is CNc1cc(C)nc(Nc2ccc(OC)c(-n3cc(CN(C)C(=O)OC(C)(C)C)cn3)c2F)n1. The number of carbonyl (C=O) groups excluding carboxylic acids is 1. The molecule has 3 aromatic rings. The summed E-state index contributed by atoms with van der Waals surface area (Å²) in [5, 5.41) is 10.1. The number of benzene rings is 1. The van der Waals surface area contributed by atoms with Crippen LogP contribution in [0.25, 0.3) is 5.69 Å². The van der Waals surface area contributed by atoms with Gasteiger partial charge >= 0.3 is 6.09 Å². The van der Waals surface area contributed by atoms with Crippen LogP contribution in [-0.2, 0) is 11.3 Å². The van der Waals surface area contributed by atoms with Crippen LogP contribution in [-0.4, -0.2) is 57.5 Å². The van der Waals surface area contributed by atoms with Gasteiger partial charge in [-0.1, -0.05) is 0 Å². The normalized spacial score (nSPS) is 11.2. The predicted octanol–water partition coefficient (Wildman–Crippen LogP) is 4.27. The number of nitrogens with one attached hydrogen (secondary N) is 2. The first kappa shape index (κ1) is 24.7. The molecule has 0 unspecified atom stereocenters. The molecule has 0 saturated heterocycles. The number of nitrogens with zero attached hydrogens (tertiary/aromatic N) is 5. The quantitative estimate of drug-likeness (QED) is 0.526. The molecule has 34 heavy (non-hydrogen) atoms. The number of anilines is 3. The van der Waals surface area contributed by atoms with Gasteiger partial charge in [0.1, 0.15) is 22.9 Å². The number of hydrogen-bond donors (Lipinski definition) is 2. The summed E-state index contributed by atoms with van der Waals surface area (Å²) >= 11 is 0. The van der Waals surface area contributed by atoms with E-state index in [4.69, 9.17) is 9.47 Å². The van der Waals surface area contributed by atoms with Gasteiger partial charge in [0.15, 0.2) is 5.82 Å². The van der Waals surface area contributed by atoms with Crippen molar-refractivity contribution in [3.8, 4) is 11.4 Å². The molecule has 0 aliphatic rings. The maximum Gasteiger partial charge on any atom is 0.410 e. The number of carbonyl (C=O) groups is 1. The van der Waals surface area contributed by atoms with Gasteiger partial charge < -0.3 is 25.0 Å². The Bertz CT molecular complexity index is 1170. The molecule has 0 atom stereocenters.